The number of thiophene rings is 1. The number of hydrogen-bond acceptors (Lipinski definition) is 5. The molecule has 0 spiro atoms. The maximum atomic E-state index is 14.1. The first-order valence-corrected chi connectivity index (χ1v) is 17.6. The van der Waals surface area contributed by atoms with Crippen LogP contribution >= 0.6 is 23.1 Å². The minimum atomic E-state index is -0.265. The molecule has 3 heterocycles. The summed E-state index contributed by atoms with van der Waals surface area (Å²) in [6.45, 7) is 7.40. The van der Waals surface area contributed by atoms with Gasteiger partial charge in [-0.1, -0.05) is 88.5 Å². The van der Waals surface area contributed by atoms with Crippen molar-refractivity contribution in [1.29, 1.82) is 0 Å². The summed E-state index contributed by atoms with van der Waals surface area (Å²) in [6.07, 6.45) is 7.46. The highest BCUT2D eigenvalue weighted by Crippen LogP contribution is 2.42. The zero-order valence-electron chi connectivity index (χ0n) is 25.8. The highest BCUT2D eigenvalue weighted by Gasteiger charge is 2.37. The molecule has 232 valence electrons. The Balaban J connectivity index is 1.56. The van der Waals surface area contributed by atoms with Crippen molar-refractivity contribution in [2.75, 3.05) is 6.54 Å². The lowest BCUT2D eigenvalue weighted by molar-refractivity contribution is 0.103. The number of thioether (sulfide) groups is 1. The van der Waals surface area contributed by atoms with E-state index < -0.39 is 0 Å². The van der Waals surface area contributed by atoms with Crippen LogP contribution < -0.4 is 0 Å². The third-order valence-corrected chi connectivity index (χ3v) is 10.8. The van der Waals surface area contributed by atoms with Crippen molar-refractivity contribution in [3.8, 4) is 0 Å². The molecule has 3 nitrogen and oxygen atoms in total. The quantitative estimate of drug-likeness (QED) is 0.0834. The summed E-state index contributed by atoms with van der Waals surface area (Å²) < 4.78 is 28.1. The fraction of sp³-hybridized carbons (Fsp3) is 0.405. The van der Waals surface area contributed by atoms with E-state index >= 15 is 0 Å². The molecule has 44 heavy (non-hydrogen) atoms. The van der Waals surface area contributed by atoms with Crippen molar-refractivity contribution in [3.05, 3.63) is 117 Å². The van der Waals surface area contributed by atoms with E-state index in [4.69, 9.17) is 4.98 Å². The first-order chi connectivity index (χ1) is 21.4. The fourth-order valence-electron chi connectivity index (χ4n) is 6.24. The van der Waals surface area contributed by atoms with Gasteiger partial charge in [-0.25, -0.2) is 13.8 Å². The van der Waals surface area contributed by atoms with Gasteiger partial charge in [0.2, 0.25) is 5.78 Å². The maximum Gasteiger partial charge on any atom is 0.205 e. The van der Waals surface area contributed by atoms with Gasteiger partial charge in [0.1, 0.15) is 16.7 Å². The van der Waals surface area contributed by atoms with Gasteiger partial charge in [-0.15, -0.1) is 11.3 Å². The predicted octanol–water partition coefficient (Wildman–Crippen LogP) is 10.5. The Hall–Kier alpha value is -2.87. The second-order valence-electron chi connectivity index (χ2n) is 12.0. The van der Waals surface area contributed by atoms with Crippen molar-refractivity contribution in [2.45, 2.75) is 94.0 Å². The molecule has 2 aromatic heterocycles. The van der Waals surface area contributed by atoms with Crippen LogP contribution in [0.4, 0.5) is 8.78 Å². The van der Waals surface area contributed by atoms with Crippen LogP contribution in [0.3, 0.4) is 0 Å². The van der Waals surface area contributed by atoms with Gasteiger partial charge in [0.25, 0.3) is 0 Å². The van der Waals surface area contributed by atoms with E-state index in [2.05, 4.69) is 25.7 Å². The number of piperidine rings is 1. The SMILES string of the molecule is CCCCCC(Sc1nc(C(C)C)ccc1C(=O)c1cccs1)N1CCCCC1C(c1ccc(F)cc1)c1ccc(F)cc1. The van der Waals surface area contributed by atoms with Crippen molar-refractivity contribution in [3.63, 3.8) is 0 Å². The first kappa shape index (κ1) is 32.5. The lowest BCUT2D eigenvalue weighted by atomic mass is 9.80. The number of unbranched alkanes of at least 4 members (excludes halogenated alkanes) is 2. The Morgan fingerprint density at radius 1 is 0.955 bits per heavy atom. The normalized spacial score (nSPS) is 16.5. The zero-order valence-corrected chi connectivity index (χ0v) is 27.5. The second kappa shape index (κ2) is 15.4. The largest absolute Gasteiger partial charge is 0.288 e. The van der Waals surface area contributed by atoms with Gasteiger partial charge in [-0.2, -0.15) is 0 Å². The van der Waals surface area contributed by atoms with Crippen LogP contribution in [-0.2, 0) is 0 Å². The van der Waals surface area contributed by atoms with Crippen LogP contribution in [-0.4, -0.2) is 33.6 Å². The van der Waals surface area contributed by atoms with Crippen LogP contribution in [0.2, 0.25) is 0 Å². The van der Waals surface area contributed by atoms with Crippen molar-refractivity contribution in [1.82, 2.24) is 9.88 Å². The number of carbonyl (C=O) groups excluding carboxylic acids is 1. The standard InChI is InChI=1S/C37H42F2N2OS2/c1-4-5-6-12-34(44-37-30(21-22-31(40-37)25(2)3)36(42)33-11-9-24-43-33)41-23-8-7-10-32(41)35(26-13-17-28(38)18-14-26)27-15-19-29(39)20-16-27/h9,11,13-22,24-25,32,34-35H,4-8,10,12,23H2,1-3H3. The minimum Gasteiger partial charge on any atom is -0.288 e. The molecule has 1 saturated heterocycles. The second-order valence-corrected chi connectivity index (χ2v) is 14.1. The topological polar surface area (TPSA) is 33.2 Å². The molecule has 1 fully saturated rings. The highest BCUT2D eigenvalue weighted by molar-refractivity contribution is 7.99. The van der Waals surface area contributed by atoms with E-state index in [0.29, 0.717) is 5.56 Å². The van der Waals surface area contributed by atoms with Crippen LogP contribution in [0.15, 0.2) is 83.2 Å². The first-order valence-electron chi connectivity index (χ1n) is 15.9. The van der Waals surface area contributed by atoms with E-state index in [1.54, 1.807) is 11.8 Å². The maximum absolute atomic E-state index is 14.1. The van der Waals surface area contributed by atoms with E-state index in [9.17, 15) is 13.6 Å². The Kier molecular flexibility index (Phi) is 11.4. The summed E-state index contributed by atoms with van der Waals surface area (Å²) in [5.41, 5.74) is 3.69. The molecule has 2 unspecified atom stereocenters. The van der Waals surface area contributed by atoms with Crippen molar-refractivity contribution < 1.29 is 13.6 Å². The molecule has 2 aromatic carbocycles. The van der Waals surface area contributed by atoms with Gasteiger partial charge in [0.05, 0.1) is 15.8 Å². The number of halogens is 2. The lowest BCUT2D eigenvalue weighted by Crippen LogP contribution is -2.48. The average Bonchev–Trinajstić information content (AvgIpc) is 3.58. The van der Waals surface area contributed by atoms with E-state index in [1.807, 2.05) is 53.9 Å². The van der Waals surface area contributed by atoms with Crippen molar-refractivity contribution in [2.24, 2.45) is 0 Å². The molecule has 0 bridgehead atoms. The molecule has 0 aliphatic carbocycles. The predicted molar refractivity (Wildman–Crippen MR) is 179 cm³/mol. The number of rotatable bonds is 13. The lowest BCUT2D eigenvalue weighted by Gasteiger charge is -2.45. The Morgan fingerprint density at radius 3 is 2.23 bits per heavy atom. The van der Waals surface area contributed by atoms with Crippen LogP contribution in [0.1, 0.15) is 110 Å². The summed E-state index contributed by atoms with van der Waals surface area (Å²) >= 11 is 3.18. The Morgan fingerprint density at radius 2 is 1.64 bits per heavy atom. The van der Waals surface area contributed by atoms with E-state index in [1.165, 1.54) is 35.6 Å². The molecular formula is C37H42F2N2OS2. The molecule has 5 rings (SSSR count). The van der Waals surface area contributed by atoms with Gasteiger partial charge in [-0.3, -0.25) is 9.69 Å². The number of ketones is 1. The Labute approximate surface area is 269 Å². The molecule has 7 heteroatoms. The summed E-state index contributed by atoms with van der Waals surface area (Å²) in [7, 11) is 0. The van der Waals surface area contributed by atoms with Gasteiger partial charge in [-0.05, 0) is 90.7 Å². The average molecular weight is 633 g/mol. The monoisotopic (exact) mass is 632 g/mol. The molecule has 1 aliphatic rings. The van der Waals surface area contributed by atoms with Gasteiger partial charge in [0, 0.05) is 17.7 Å². The van der Waals surface area contributed by atoms with Crippen LogP contribution in [0.5, 0.6) is 0 Å². The van der Waals surface area contributed by atoms with Gasteiger partial charge >= 0.3 is 0 Å². The molecule has 0 N–H and O–H groups in total. The van der Waals surface area contributed by atoms with E-state index in [0.717, 1.165) is 78.2 Å². The summed E-state index contributed by atoms with van der Waals surface area (Å²) in [4.78, 5) is 22.2. The number of likely N-dealkylation sites (tertiary alicyclic amines) is 1. The summed E-state index contributed by atoms with van der Waals surface area (Å²) in [5, 5.41) is 2.83. The number of aromatic nitrogens is 1. The van der Waals surface area contributed by atoms with Crippen molar-refractivity contribution >= 4 is 28.9 Å². The Bertz CT molecular complexity index is 1440. The molecule has 1 aliphatic heterocycles. The molecular weight excluding hydrogens is 591 g/mol. The number of pyridine rings is 1. The van der Waals surface area contributed by atoms with Gasteiger partial charge < -0.3 is 0 Å². The molecule has 0 radical (unpaired) electrons. The number of nitrogens with zero attached hydrogens (tertiary/aromatic N) is 2. The van der Waals surface area contributed by atoms with Crippen LogP contribution in [0, 0.1) is 11.6 Å². The third kappa shape index (κ3) is 7.85. The summed E-state index contributed by atoms with van der Waals surface area (Å²) in [6, 6.07) is 21.5. The third-order valence-electron chi connectivity index (χ3n) is 8.57. The molecule has 4 aromatic rings. The number of benzene rings is 2. The minimum absolute atomic E-state index is 0.0170. The molecule has 0 saturated carbocycles. The van der Waals surface area contributed by atoms with Crippen LogP contribution in [0.25, 0.3) is 0 Å². The number of hydrogen-bond donors (Lipinski definition) is 0. The smallest absolute Gasteiger partial charge is 0.205 e. The molecule has 2 atom stereocenters. The molecule has 0 amide bonds. The van der Waals surface area contributed by atoms with E-state index in [-0.39, 0.29) is 40.7 Å². The number of carbonyl (C=O) groups is 1. The summed E-state index contributed by atoms with van der Waals surface area (Å²) in [5.74, 6) is -0.322. The zero-order chi connectivity index (χ0) is 31.1. The fourth-order valence-corrected chi connectivity index (χ4v) is 8.30. The highest BCUT2D eigenvalue weighted by atomic mass is 32.2. The van der Waals surface area contributed by atoms with Gasteiger partial charge in [0.15, 0.2) is 0 Å².